The molecular weight excluding hydrogens is 809 g/mol. The maximum atomic E-state index is 5.51. The number of aromatic nitrogens is 8. The zero-order chi connectivity index (χ0) is 43.6. The predicted molar refractivity (Wildman–Crippen MR) is 266 cm³/mol. The standard InChI is InChI=1S/C58H36N8/c1-5-17-37(18-6-1)48-35-49(38-19-7-2-8-20-38)60-55(59-48)41-29-31-43-44-32-30-42(56-61-50(39-21-9-3-10-22-39)36-51(62-56)40-23-11-4-12-24-40)34-54(44)65(53(43)33-41)58-64-46-26-14-13-25-45(46)57-63-47-27-15-16-28-52(47)66(57)58/h1-36H. The van der Waals surface area contributed by atoms with Gasteiger partial charge >= 0.3 is 0 Å². The summed E-state index contributed by atoms with van der Waals surface area (Å²) in [6.07, 6.45) is 0. The predicted octanol–water partition coefficient (Wildman–Crippen LogP) is 13.7. The fraction of sp³-hybridized carbons (Fsp3) is 0. The van der Waals surface area contributed by atoms with Gasteiger partial charge in [-0.05, 0) is 48.5 Å². The number of para-hydroxylation sites is 3. The van der Waals surface area contributed by atoms with Crippen molar-refractivity contribution in [2.24, 2.45) is 0 Å². The first kappa shape index (κ1) is 37.4. The lowest BCUT2D eigenvalue weighted by Crippen LogP contribution is -2.06. The first-order valence-electron chi connectivity index (χ1n) is 22.0. The first-order valence-corrected chi connectivity index (χ1v) is 22.0. The lowest BCUT2D eigenvalue weighted by atomic mass is 10.0. The topological polar surface area (TPSA) is 86.7 Å². The van der Waals surface area contributed by atoms with E-state index in [9.17, 15) is 0 Å². The summed E-state index contributed by atoms with van der Waals surface area (Å²) in [5.41, 5.74) is 14.6. The van der Waals surface area contributed by atoms with Crippen molar-refractivity contribution in [2.45, 2.75) is 0 Å². The summed E-state index contributed by atoms with van der Waals surface area (Å²) >= 11 is 0. The smallest absolute Gasteiger partial charge is 0.221 e. The molecule has 8 heteroatoms. The number of imidazole rings is 1. The highest BCUT2D eigenvalue weighted by Crippen LogP contribution is 2.39. The van der Waals surface area contributed by atoms with Crippen LogP contribution in [0.5, 0.6) is 0 Å². The van der Waals surface area contributed by atoms with Crippen LogP contribution in [0.4, 0.5) is 0 Å². The van der Waals surface area contributed by atoms with Crippen molar-refractivity contribution in [3.8, 4) is 73.8 Å². The molecule has 0 saturated heterocycles. The van der Waals surface area contributed by atoms with Crippen LogP contribution in [0.1, 0.15) is 0 Å². The van der Waals surface area contributed by atoms with Gasteiger partial charge in [-0.2, -0.15) is 0 Å². The largest absolute Gasteiger partial charge is 0.279 e. The Balaban J connectivity index is 1.11. The van der Waals surface area contributed by atoms with Gasteiger partial charge in [-0.25, -0.2) is 29.9 Å². The molecule has 13 rings (SSSR count). The molecule has 5 aromatic heterocycles. The number of nitrogens with zero attached hydrogens (tertiary/aromatic N) is 8. The van der Waals surface area contributed by atoms with Gasteiger partial charge in [0.1, 0.15) is 5.65 Å². The summed E-state index contributed by atoms with van der Waals surface area (Å²) < 4.78 is 4.46. The van der Waals surface area contributed by atoms with Gasteiger partial charge in [0.25, 0.3) is 0 Å². The molecule has 0 radical (unpaired) electrons. The number of rotatable bonds is 7. The molecule has 0 amide bonds. The zero-order valence-corrected chi connectivity index (χ0v) is 35.4. The van der Waals surface area contributed by atoms with Crippen LogP contribution in [0.15, 0.2) is 218 Å². The molecule has 0 atom stereocenters. The highest BCUT2D eigenvalue weighted by Gasteiger charge is 2.23. The van der Waals surface area contributed by atoms with Gasteiger partial charge in [-0.1, -0.05) is 170 Å². The van der Waals surface area contributed by atoms with Gasteiger partial charge in [0.15, 0.2) is 11.6 Å². The van der Waals surface area contributed by atoms with Crippen molar-refractivity contribution in [1.29, 1.82) is 0 Å². The van der Waals surface area contributed by atoms with Gasteiger partial charge in [-0.15, -0.1) is 0 Å². The summed E-state index contributed by atoms with van der Waals surface area (Å²) in [4.78, 5) is 31.7. The molecule has 0 N–H and O–H groups in total. The number of fused-ring (bicyclic) bond motifs is 8. The van der Waals surface area contributed by atoms with Crippen LogP contribution >= 0.6 is 0 Å². The molecule has 5 heterocycles. The van der Waals surface area contributed by atoms with E-state index in [2.05, 4.69) is 136 Å². The molecule has 0 aliphatic heterocycles. The molecular formula is C58H36N8. The van der Waals surface area contributed by atoms with Crippen LogP contribution in [-0.2, 0) is 0 Å². The average molecular weight is 845 g/mol. The molecule has 0 spiro atoms. The third-order valence-electron chi connectivity index (χ3n) is 12.3. The van der Waals surface area contributed by atoms with E-state index in [4.69, 9.17) is 29.9 Å². The van der Waals surface area contributed by atoms with Crippen LogP contribution in [0, 0.1) is 0 Å². The van der Waals surface area contributed by atoms with Crippen LogP contribution in [0.25, 0.3) is 123 Å². The van der Waals surface area contributed by atoms with Crippen molar-refractivity contribution < 1.29 is 0 Å². The Morgan fingerprint density at radius 1 is 0.273 bits per heavy atom. The van der Waals surface area contributed by atoms with Crippen molar-refractivity contribution in [2.75, 3.05) is 0 Å². The Morgan fingerprint density at radius 3 is 1.15 bits per heavy atom. The van der Waals surface area contributed by atoms with Crippen molar-refractivity contribution >= 4 is 49.4 Å². The average Bonchev–Trinajstić information content (AvgIpc) is 3.95. The normalized spacial score (nSPS) is 11.6. The maximum absolute atomic E-state index is 5.51. The zero-order valence-electron chi connectivity index (χ0n) is 35.4. The highest BCUT2D eigenvalue weighted by atomic mass is 15.2. The summed E-state index contributed by atoms with van der Waals surface area (Å²) in [5, 5.41) is 3.08. The third kappa shape index (κ3) is 6.31. The Labute approximate surface area is 378 Å². The third-order valence-corrected chi connectivity index (χ3v) is 12.3. The molecule has 66 heavy (non-hydrogen) atoms. The summed E-state index contributed by atoms with van der Waals surface area (Å²) in [7, 11) is 0. The van der Waals surface area contributed by atoms with Gasteiger partial charge in [0, 0.05) is 49.5 Å². The number of hydrogen-bond acceptors (Lipinski definition) is 6. The van der Waals surface area contributed by atoms with E-state index in [0.29, 0.717) is 17.6 Å². The van der Waals surface area contributed by atoms with E-state index in [1.807, 2.05) is 91.0 Å². The van der Waals surface area contributed by atoms with E-state index in [1.54, 1.807) is 0 Å². The van der Waals surface area contributed by atoms with Crippen molar-refractivity contribution in [3.05, 3.63) is 218 Å². The number of benzene rings is 8. The van der Waals surface area contributed by atoms with E-state index in [-0.39, 0.29) is 0 Å². The number of hydrogen-bond donors (Lipinski definition) is 0. The van der Waals surface area contributed by atoms with E-state index >= 15 is 0 Å². The Kier molecular flexibility index (Phi) is 8.67. The molecule has 0 aliphatic rings. The molecule has 13 aromatic rings. The summed E-state index contributed by atoms with van der Waals surface area (Å²) in [6, 6.07) is 74.9. The molecule has 0 saturated carbocycles. The van der Waals surface area contributed by atoms with Gasteiger partial charge < -0.3 is 0 Å². The van der Waals surface area contributed by atoms with Crippen LogP contribution in [0.3, 0.4) is 0 Å². The van der Waals surface area contributed by atoms with E-state index in [1.165, 1.54) is 0 Å². The molecule has 308 valence electrons. The van der Waals surface area contributed by atoms with E-state index in [0.717, 1.165) is 106 Å². The fourth-order valence-electron chi connectivity index (χ4n) is 9.17. The molecule has 0 aliphatic carbocycles. The quantitative estimate of drug-likeness (QED) is 0.159. The van der Waals surface area contributed by atoms with Crippen LogP contribution < -0.4 is 0 Å². The van der Waals surface area contributed by atoms with Crippen molar-refractivity contribution in [3.63, 3.8) is 0 Å². The van der Waals surface area contributed by atoms with Crippen LogP contribution in [-0.4, -0.2) is 38.9 Å². The lowest BCUT2D eigenvalue weighted by Gasteiger charge is -2.14. The molecule has 8 nitrogen and oxygen atoms in total. The lowest BCUT2D eigenvalue weighted by molar-refractivity contribution is 0.979. The minimum absolute atomic E-state index is 0.624. The molecule has 8 aromatic carbocycles. The van der Waals surface area contributed by atoms with Crippen molar-refractivity contribution in [1.82, 2.24) is 38.9 Å². The Morgan fingerprint density at radius 2 is 0.682 bits per heavy atom. The van der Waals surface area contributed by atoms with Gasteiger partial charge in [0.05, 0.1) is 50.4 Å². The molecule has 0 fully saturated rings. The molecule has 0 bridgehead atoms. The van der Waals surface area contributed by atoms with Gasteiger partial charge in [0.2, 0.25) is 5.95 Å². The monoisotopic (exact) mass is 844 g/mol. The Hall–Kier alpha value is -9.14. The summed E-state index contributed by atoms with van der Waals surface area (Å²) in [6.45, 7) is 0. The first-order chi connectivity index (χ1) is 32.7. The second-order valence-corrected chi connectivity index (χ2v) is 16.4. The molecule has 0 unspecified atom stereocenters. The summed E-state index contributed by atoms with van der Waals surface area (Å²) in [5.74, 6) is 1.96. The second kappa shape index (κ2) is 15.3. The Bertz CT molecular complexity index is 3680. The van der Waals surface area contributed by atoms with Crippen LogP contribution in [0.2, 0.25) is 0 Å². The second-order valence-electron chi connectivity index (χ2n) is 16.4. The van der Waals surface area contributed by atoms with Gasteiger partial charge in [-0.3, -0.25) is 8.97 Å². The minimum Gasteiger partial charge on any atom is -0.279 e. The van der Waals surface area contributed by atoms with E-state index < -0.39 is 0 Å². The fourth-order valence-corrected chi connectivity index (χ4v) is 9.17. The maximum Gasteiger partial charge on any atom is 0.221 e. The SMILES string of the molecule is c1ccc(-c2cc(-c3ccccc3)nc(-c3ccc4c5ccc(-c6nc(-c7ccccc7)cc(-c7ccccc7)n6)cc5n(-c5nc6ccccc6c6nc7ccccc7n56)c4c3)n2)cc1. The minimum atomic E-state index is 0.624. The highest BCUT2D eigenvalue weighted by molar-refractivity contribution is 6.11.